The van der Waals surface area contributed by atoms with E-state index in [4.69, 9.17) is 12.2 Å². The molecule has 0 fully saturated rings. The van der Waals surface area contributed by atoms with Gasteiger partial charge in [0.15, 0.2) is 0 Å². The van der Waals surface area contributed by atoms with Crippen molar-refractivity contribution in [3.63, 3.8) is 0 Å². The molecule has 2 aromatic rings. The Balaban J connectivity index is 2.14. The normalized spacial score (nSPS) is 11.4. The van der Waals surface area contributed by atoms with Gasteiger partial charge in [0, 0.05) is 16.2 Å². The van der Waals surface area contributed by atoms with E-state index >= 15 is 0 Å². The van der Waals surface area contributed by atoms with Crippen LogP contribution >= 0.6 is 11.8 Å². The molecular formula is C17H16N2OS. The number of carbonyl (C=O) groups excluding carboxylic acids is 1. The van der Waals surface area contributed by atoms with Gasteiger partial charge in [-0.05, 0) is 24.3 Å². The monoisotopic (exact) mass is 296 g/mol. The molecule has 1 unspecified atom stereocenters. The Bertz CT molecular complexity index is 649. The summed E-state index contributed by atoms with van der Waals surface area (Å²) in [7, 11) is 0. The molecule has 0 spiro atoms. The number of anilines is 1. The highest BCUT2D eigenvalue weighted by Crippen LogP contribution is 2.33. The fourth-order valence-corrected chi connectivity index (χ4v) is 2.64. The minimum Gasteiger partial charge on any atom is -0.324 e. The smallest absolute Gasteiger partial charge is 0.242 e. The van der Waals surface area contributed by atoms with Crippen LogP contribution in [0, 0.1) is 12.3 Å². The Morgan fingerprint density at radius 1 is 1.19 bits per heavy atom. The van der Waals surface area contributed by atoms with Crippen molar-refractivity contribution in [2.45, 2.75) is 22.3 Å². The Morgan fingerprint density at radius 3 is 2.57 bits per heavy atom. The molecule has 3 nitrogen and oxygen atoms in total. The first-order chi connectivity index (χ1) is 10.2. The molecule has 0 aliphatic carbocycles. The number of rotatable bonds is 5. The lowest BCUT2D eigenvalue weighted by molar-refractivity contribution is -0.117. The van der Waals surface area contributed by atoms with Crippen molar-refractivity contribution in [1.29, 1.82) is 0 Å². The maximum Gasteiger partial charge on any atom is 0.242 e. The van der Waals surface area contributed by atoms with E-state index in [2.05, 4.69) is 11.2 Å². The van der Waals surface area contributed by atoms with Gasteiger partial charge < -0.3 is 11.1 Å². The number of amides is 1. The average molecular weight is 296 g/mol. The van der Waals surface area contributed by atoms with Crippen LogP contribution in [0.1, 0.15) is 6.42 Å². The van der Waals surface area contributed by atoms with E-state index in [1.807, 2.05) is 54.6 Å². The predicted octanol–water partition coefficient (Wildman–Crippen LogP) is 3.13. The molecule has 0 bridgehead atoms. The van der Waals surface area contributed by atoms with E-state index in [0.29, 0.717) is 0 Å². The van der Waals surface area contributed by atoms with E-state index in [1.54, 1.807) is 11.8 Å². The van der Waals surface area contributed by atoms with Crippen LogP contribution in [0.5, 0.6) is 0 Å². The van der Waals surface area contributed by atoms with Crippen LogP contribution in [0.2, 0.25) is 0 Å². The number of para-hydroxylation sites is 1. The van der Waals surface area contributed by atoms with Crippen LogP contribution in [0.4, 0.5) is 5.69 Å². The number of nitrogens with one attached hydrogen (secondary N) is 1. The maximum atomic E-state index is 12.0. The van der Waals surface area contributed by atoms with Gasteiger partial charge in [0.2, 0.25) is 5.91 Å². The third-order valence-corrected chi connectivity index (χ3v) is 3.87. The molecule has 2 aromatic carbocycles. The van der Waals surface area contributed by atoms with E-state index < -0.39 is 6.04 Å². The molecule has 1 amide bonds. The third kappa shape index (κ3) is 4.38. The first-order valence-electron chi connectivity index (χ1n) is 6.52. The zero-order valence-electron chi connectivity index (χ0n) is 11.5. The Morgan fingerprint density at radius 2 is 1.86 bits per heavy atom. The summed E-state index contributed by atoms with van der Waals surface area (Å²) in [6, 6.07) is 16.9. The molecule has 3 N–H and O–H groups in total. The van der Waals surface area contributed by atoms with Crippen molar-refractivity contribution in [2.24, 2.45) is 5.73 Å². The number of hydrogen-bond donors (Lipinski definition) is 2. The Kier molecular flexibility index (Phi) is 5.44. The second-order valence-corrected chi connectivity index (χ2v) is 5.53. The number of terminal acetylenes is 1. The minimum absolute atomic E-state index is 0.222. The largest absolute Gasteiger partial charge is 0.324 e. The molecule has 0 saturated heterocycles. The van der Waals surface area contributed by atoms with Crippen molar-refractivity contribution < 1.29 is 4.79 Å². The quantitative estimate of drug-likeness (QED) is 0.834. The number of hydrogen-bond acceptors (Lipinski definition) is 3. The van der Waals surface area contributed by atoms with Gasteiger partial charge in [0.1, 0.15) is 0 Å². The second-order valence-electron chi connectivity index (χ2n) is 4.42. The van der Waals surface area contributed by atoms with Crippen LogP contribution in [0.3, 0.4) is 0 Å². The number of benzene rings is 2. The van der Waals surface area contributed by atoms with Gasteiger partial charge in [-0.2, -0.15) is 0 Å². The molecule has 2 rings (SSSR count). The van der Waals surface area contributed by atoms with E-state index in [9.17, 15) is 4.79 Å². The van der Waals surface area contributed by atoms with E-state index in [0.717, 1.165) is 15.5 Å². The molecule has 0 radical (unpaired) electrons. The Hall–Kier alpha value is -2.22. The molecule has 106 valence electrons. The third-order valence-electron chi connectivity index (χ3n) is 2.79. The van der Waals surface area contributed by atoms with Gasteiger partial charge in [0.25, 0.3) is 0 Å². The highest BCUT2D eigenvalue weighted by atomic mass is 32.2. The van der Waals surface area contributed by atoms with Crippen molar-refractivity contribution in [3.05, 3.63) is 54.6 Å². The van der Waals surface area contributed by atoms with Crippen molar-refractivity contribution in [1.82, 2.24) is 0 Å². The molecule has 0 heterocycles. The summed E-state index contributed by atoms with van der Waals surface area (Å²) >= 11 is 1.59. The van der Waals surface area contributed by atoms with Gasteiger partial charge in [0.05, 0.1) is 11.7 Å². The summed E-state index contributed by atoms with van der Waals surface area (Å²) in [5.74, 6) is 2.13. The highest BCUT2D eigenvalue weighted by molar-refractivity contribution is 7.99. The summed E-state index contributed by atoms with van der Waals surface area (Å²) in [6.45, 7) is 0. The highest BCUT2D eigenvalue weighted by Gasteiger charge is 2.14. The summed E-state index contributed by atoms with van der Waals surface area (Å²) in [6.07, 6.45) is 5.40. The van der Waals surface area contributed by atoms with E-state index in [-0.39, 0.29) is 12.3 Å². The van der Waals surface area contributed by atoms with Crippen LogP contribution in [0.15, 0.2) is 64.4 Å². The molecule has 0 aliphatic heterocycles. The van der Waals surface area contributed by atoms with Gasteiger partial charge in [-0.15, -0.1) is 12.3 Å². The molecule has 0 aromatic heterocycles. The van der Waals surface area contributed by atoms with Crippen LogP contribution in [-0.2, 0) is 4.79 Å². The topological polar surface area (TPSA) is 55.1 Å². The summed E-state index contributed by atoms with van der Waals surface area (Å²) in [5.41, 5.74) is 6.46. The summed E-state index contributed by atoms with van der Waals surface area (Å²) < 4.78 is 0. The molecule has 21 heavy (non-hydrogen) atoms. The molecule has 1 atom stereocenters. The molecular weight excluding hydrogens is 280 g/mol. The second kappa shape index (κ2) is 7.53. The SMILES string of the molecule is C#CCC(N)C(=O)Nc1ccccc1Sc1ccccc1. The van der Waals surface area contributed by atoms with Crippen molar-refractivity contribution >= 4 is 23.4 Å². The average Bonchev–Trinajstić information content (AvgIpc) is 2.50. The summed E-state index contributed by atoms with van der Waals surface area (Å²) in [4.78, 5) is 14.0. The van der Waals surface area contributed by atoms with Crippen LogP contribution < -0.4 is 11.1 Å². The number of carbonyl (C=O) groups is 1. The standard InChI is InChI=1S/C17H16N2OS/c1-2-8-14(18)17(20)19-15-11-6-7-12-16(15)21-13-9-4-3-5-10-13/h1,3-7,9-12,14H,8,18H2,(H,19,20). The van der Waals surface area contributed by atoms with E-state index in [1.165, 1.54) is 0 Å². The molecule has 0 saturated carbocycles. The maximum absolute atomic E-state index is 12.0. The van der Waals surface area contributed by atoms with Crippen LogP contribution in [-0.4, -0.2) is 11.9 Å². The van der Waals surface area contributed by atoms with Gasteiger partial charge in [-0.25, -0.2) is 0 Å². The minimum atomic E-state index is -0.690. The molecule has 0 aliphatic rings. The van der Waals surface area contributed by atoms with Gasteiger partial charge in [-0.3, -0.25) is 4.79 Å². The number of nitrogens with two attached hydrogens (primary N) is 1. The fourth-order valence-electron chi connectivity index (χ4n) is 1.72. The first kappa shape index (κ1) is 15.2. The van der Waals surface area contributed by atoms with Crippen molar-refractivity contribution in [3.8, 4) is 12.3 Å². The first-order valence-corrected chi connectivity index (χ1v) is 7.34. The lowest BCUT2D eigenvalue weighted by atomic mass is 10.2. The van der Waals surface area contributed by atoms with Crippen molar-refractivity contribution in [2.75, 3.05) is 5.32 Å². The van der Waals surface area contributed by atoms with Gasteiger partial charge >= 0.3 is 0 Å². The fraction of sp³-hybridized carbons (Fsp3) is 0.118. The lowest BCUT2D eigenvalue weighted by Crippen LogP contribution is -2.35. The zero-order valence-corrected chi connectivity index (χ0v) is 12.3. The predicted molar refractivity (Wildman–Crippen MR) is 87.1 cm³/mol. The zero-order chi connectivity index (χ0) is 15.1. The molecule has 4 heteroatoms. The summed E-state index contributed by atoms with van der Waals surface area (Å²) in [5, 5.41) is 2.84. The van der Waals surface area contributed by atoms with Gasteiger partial charge in [-0.1, -0.05) is 42.1 Å². The van der Waals surface area contributed by atoms with Crippen LogP contribution in [0.25, 0.3) is 0 Å². The lowest BCUT2D eigenvalue weighted by Gasteiger charge is -2.13. The Labute approximate surface area is 128 Å².